The topological polar surface area (TPSA) is 0 Å². The lowest BCUT2D eigenvalue weighted by atomic mass is 9.73. The van der Waals surface area contributed by atoms with Gasteiger partial charge in [-0.2, -0.15) is 0 Å². The lowest BCUT2D eigenvalue weighted by molar-refractivity contribution is 0.181. The second kappa shape index (κ2) is 5.40. The van der Waals surface area contributed by atoms with E-state index in [1.807, 2.05) is 6.08 Å². The molecule has 0 aromatic rings. The Morgan fingerprint density at radius 1 is 1.25 bits per heavy atom. The van der Waals surface area contributed by atoms with E-state index in [9.17, 15) is 0 Å². The van der Waals surface area contributed by atoms with E-state index in [4.69, 9.17) is 0 Å². The van der Waals surface area contributed by atoms with Gasteiger partial charge in [0.25, 0.3) is 0 Å². The molecule has 1 atom stereocenters. The van der Waals surface area contributed by atoms with Crippen LogP contribution in [0.2, 0.25) is 0 Å². The molecule has 0 aromatic carbocycles. The number of hydrogen-bond acceptors (Lipinski definition) is 0. The van der Waals surface area contributed by atoms with Crippen LogP contribution in [-0.4, -0.2) is 0 Å². The lowest BCUT2D eigenvalue weighted by Gasteiger charge is -2.33. The fourth-order valence-corrected chi connectivity index (χ4v) is 1.81. The van der Waals surface area contributed by atoms with Gasteiger partial charge in [-0.3, -0.25) is 0 Å². The minimum Gasteiger partial charge on any atom is -0.103 e. The van der Waals surface area contributed by atoms with Crippen molar-refractivity contribution in [1.29, 1.82) is 0 Å². The summed E-state index contributed by atoms with van der Waals surface area (Å²) in [5, 5.41) is 0. The van der Waals surface area contributed by atoms with Gasteiger partial charge in [-0.25, -0.2) is 0 Å². The average molecular weight is 170 g/mol. The first-order valence-corrected chi connectivity index (χ1v) is 4.50. The smallest absolute Gasteiger partial charge is 0.0308 e. The van der Waals surface area contributed by atoms with E-state index in [1.54, 1.807) is 0 Å². The summed E-state index contributed by atoms with van der Waals surface area (Å²) >= 11 is 0. The van der Waals surface area contributed by atoms with Gasteiger partial charge in [0, 0.05) is 0 Å². The molecule has 0 aromatic heterocycles. The molecule has 0 heterocycles. The standard InChI is InChI=1S/C11H22.CH4/c1-7-8-10(9(2)3)11(4,5)6;/h7,9-10H,1,8H2,2-6H3;1H4/t10-;/m0./s1. The van der Waals surface area contributed by atoms with Gasteiger partial charge in [0.2, 0.25) is 0 Å². The SMILES string of the molecule is C.C=CC[C@@H](C(C)C)C(C)(C)C. The summed E-state index contributed by atoms with van der Waals surface area (Å²) in [5.74, 6) is 1.52. The first kappa shape index (κ1) is 14.3. The summed E-state index contributed by atoms with van der Waals surface area (Å²) < 4.78 is 0. The van der Waals surface area contributed by atoms with E-state index in [2.05, 4.69) is 41.2 Å². The van der Waals surface area contributed by atoms with E-state index in [1.165, 1.54) is 0 Å². The van der Waals surface area contributed by atoms with Crippen LogP contribution in [0.5, 0.6) is 0 Å². The molecule has 12 heavy (non-hydrogen) atoms. The summed E-state index contributed by atoms with van der Waals surface area (Å²) in [4.78, 5) is 0. The maximum absolute atomic E-state index is 3.80. The molecule has 0 aliphatic heterocycles. The highest BCUT2D eigenvalue weighted by atomic mass is 14.3. The quantitative estimate of drug-likeness (QED) is 0.546. The Kier molecular flexibility index (Phi) is 6.42. The summed E-state index contributed by atoms with van der Waals surface area (Å²) in [6.45, 7) is 15.3. The predicted octanol–water partition coefficient (Wildman–Crippen LogP) is 4.52. The van der Waals surface area contributed by atoms with Crippen LogP contribution in [0.3, 0.4) is 0 Å². The summed E-state index contributed by atoms with van der Waals surface area (Å²) in [6.07, 6.45) is 3.18. The number of allylic oxidation sites excluding steroid dienone is 1. The van der Waals surface area contributed by atoms with Gasteiger partial charge in [0.1, 0.15) is 0 Å². The van der Waals surface area contributed by atoms with Crippen LogP contribution in [-0.2, 0) is 0 Å². The van der Waals surface area contributed by atoms with E-state index in [0.717, 1.165) is 18.3 Å². The van der Waals surface area contributed by atoms with Crippen LogP contribution >= 0.6 is 0 Å². The van der Waals surface area contributed by atoms with Gasteiger partial charge in [-0.05, 0) is 23.7 Å². The normalized spacial score (nSPS) is 13.8. The second-order valence-corrected chi connectivity index (χ2v) is 4.74. The van der Waals surface area contributed by atoms with Gasteiger partial charge in [0.15, 0.2) is 0 Å². The zero-order valence-electron chi connectivity index (χ0n) is 8.65. The van der Waals surface area contributed by atoms with Crippen molar-refractivity contribution in [2.45, 2.75) is 48.5 Å². The molecular formula is C12H26. The Labute approximate surface area is 79.1 Å². The van der Waals surface area contributed by atoms with Crippen molar-refractivity contribution >= 4 is 0 Å². The van der Waals surface area contributed by atoms with Gasteiger partial charge < -0.3 is 0 Å². The van der Waals surface area contributed by atoms with Crippen LogP contribution in [0, 0.1) is 17.3 Å². The predicted molar refractivity (Wildman–Crippen MR) is 59.3 cm³/mol. The zero-order valence-corrected chi connectivity index (χ0v) is 8.65. The Hall–Kier alpha value is -0.260. The van der Waals surface area contributed by atoms with Crippen molar-refractivity contribution in [1.82, 2.24) is 0 Å². The largest absolute Gasteiger partial charge is 0.103 e. The van der Waals surface area contributed by atoms with Crippen LogP contribution in [0.15, 0.2) is 12.7 Å². The molecule has 0 rings (SSSR count). The monoisotopic (exact) mass is 170 g/mol. The third-order valence-corrected chi connectivity index (χ3v) is 2.34. The van der Waals surface area contributed by atoms with Gasteiger partial charge in [-0.1, -0.05) is 48.1 Å². The Balaban J connectivity index is 0. The first-order chi connectivity index (χ1) is 4.89. The summed E-state index contributed by atoms with van der Waals surface area (Å²) in [5.41, 5.74) is 0.419. The third kappa shape index (κ3) is 4.58. The van der Waals surface area contributed by atoms with Crippen LogP contribution in [0.1, 0.15) is 48.5 Å². The van der Waals surface area contributed by atoms with E-state index in [-0.39, 0.29) is 7.43 Å². The molecule has 74 valence electrons. The molecule has 0 heteroatoms. The molecule has 0 N–H and O–H groups in total. The molecule has 0 spiro atoms. The highest BCUT2D eigenvalue weighted by molar-refractivity contribution is 4.82. The fourth-order valence-electron chi connectivity index (χ4n) is 1.81. The Bertz CT molecular complexity index is 114. The minimum atomic E-state index is 0. The van der Waals surface area contributed by atoms with Crippen molar-refractivity contribution < 1.29 is 0 Å². The first-order valence-electron chi connectivity index (χ1n) is 4.50. The molecule has 0 amide bonds. The van der Waals surface area contributed by atoms with E-state index >= 15 is 0 Å². The van der Waals surface area contributed by atoms with Crippen molar-refractivity contribution in [3.63, 3.8) is 0 Å². The van der Waals surface area contributed by atoms with Gasteiger partial charge >= 0.3 is 0 Å². The molecule has 0 fully saturated rings. The molecule has 0 saturated heterocycles. The molecule has 0 saturated carbocycles. The summed E-state index contributed by atoms with van der Waals surface area (Å²) in [7, 11) is 0. The minimum absolute atomic E-state index is 0. The molecule has 0 nitrogen and oxygen atoms in total. The molecule has 0 bridgehead atoms. The van der Waals surface area contributed by atoms with Crippen molar-refractivity contribution in [3.05, 3.63) is 12.7 Å². The Morgan fingerprint density at radius 3 is 1.75 bits per heavy atom. The molecule has 0 unspecified atom stereocenters. The zero-order chi connectivity index (χ0) is 9.07. The number of rotatable bonds is 3. The highest BCUT2D eigenvalue weighted by Gasteiger charge is 2.25. The molecular weight excluding hydrogens is 144 g/mol. The van der Waals surface area contributed by atoms with E-state index < -0.39 is 0 Å². The Morgan fingerprint density at radius 2 is 1.67 bits per heavy atom. The van der Waals surface area contributed by atoms with Crippen molar-refractivity contribution in [3.8, 4) is 0 Å². The molecule has 0 aliphatic rings. The molecule has 0 radical (unpaired) electrons. The fraction of sp³-hybridized carbons (Fsp3) is 0.833. The van der Waals surface area contributed by atoms with Crippen molar-refractivity contribution in [2.24, 2.45) is 17.3 Å². The second-order valence-electron chi connectivity index (χ2n) is 4.74. The number of hydrogen-bond donors (Lipinski definition) is 0. The molecule has 0 aliphatic carbocycles. The summed E-state index contributed by atoms with van der Waals surface area (Å²) in [6, 6.07) is 0. The third-order valence-electron chi connectivity index (χ3n) is 2.34. The van der Waals surface area contributed by atoms with Gasteiger partial charge in [-0.15, -0.1) is 6.58 Å². The van der Waals surface area contributed by atoms with Crippen molar-refractivity contribution in [2.75, 3.05) is 0 Å². The van der Waals surface area contributed by atoms with E-state index in [0.29, 0.717) is 5.41 Å². The van der Waals surface area contributed by atoms with Crippen LogP contribution in [0.25, 0.3) is 0 Å². The maximum atomic E-state index is 3.80. The van der Waals surface area contributed by atoms with Gasteiger partial charge in [0.05, 0.1) is 0 Å². The van der Waals surface area contributed by atoms with Crippen LogP contribution in [0.4, 0.5) is 0 Å². The van der Waals surface area contributed by atoms with Crippen LogP contribution < -0.4 is 0 Å². The highest BCUT2D eigenvalue weighted by Crippen LogP contribution is 2.34. The maximum Gasteiger partial charge on any atom is -0.0308 e. The lowest BCUT2D eigenvalue weighted by Crippen LogP contribution is -2.24. The average Bonchev–Trinajstić information content (AvgIpc) is 1.79.